The van der Waals surface area contributed by atoms with Gasteiger partial charge in [0.15, 0.2) is 5.79 Å². The van der Waals surface area contributed by atoms with Crippen LogP contribution in [0.25, 0.3) is 0 Å². The van der Waals surface area contributed by atoms with Crippen LogP contribution in [0, 0.1) is 0 Å². The van der Waals surface area contributed by atoms with Crippen LogP contribution in [0.2, 0.25) is 0 Å². The Balaban J connectivity index is 3.59. The fraction of sp³-hybridized carbons (Fsp3) is 0.857. The Hall–Kier alpha value is -0.610. The Bertz CT molecular complexity index is 109. The van der Waals surface area contributed by atoms with Gasteiger partial charge in [-0.15, -0.1) is 0 Å². The second-order valence-electron chi connectivity index (χ2n) is 2.26. The Labute approximate surface area is 66.4 Å². The number of hydrogen-bond acceptors (Lipinski definition) is 4. The summed E-state index contributed by atoms with van der Waals surface area (Å²) in [5, 5.41) is 0. The Kier molecular flexibility index (Phi) is 4.81. The summed E-state index contributed by atoms with van der Waals surface area (Å²) < 4.78 is 14.5. The summed E-state index contributed by atoms with van der Waals surface area (Å²) >= 11 is 0. The highest BCUT2D eigenvalue weighted by atomic mass is 16.7. The molecule has 0 N–H and O–H groups in total. The first-order chi connectivity index (χ1) is 5.18. The van der Waals surface area contributed by atoms with Crippen molar-refractivity contribution in [2.24, 2.45) is 0 Å². The highest BCUT2D eigenvalue weighted by Crippen LogP contribution is 2.14. The van der Waals surface area contributed by atoms with Gasteiger partial charge in [-0.1, -0.05) is 0 Å². The fourth-order valence-corrected chi connectivity index (χ4v) is 0.580. The maximum absolute atomic E-state index is 9.76. The highest BCUT2D eigenvalue weighted by Gasteiger charge is 2.21. The van der Waals surface area contributed by atoms with Crippen molar-refractivity contribution < 1.29 is 19.0 Å². The lowest BCUT2D eigenvalue weighted by Gasteiger charge is -2.25. The van der Waals surface area contributed by atoms with Gasteiger partial charge in [0.05, 0.1) is 6.61 Å². The molecule has 0 aliphatic carbocycles. The minimum atomic E-state index is -0.650. The molecule has 0 aromatic heterocycles. The molecular weight excluding hydrogens is 148 g/mol. The molecule has 0 fully saturated rings. The quantitative estimate of drug-likeness (QED) is 0.325. The number of carbonyl (C=O) groups is 1. The fourth-order valence-electron chi connectivity index (χ4n) is 0.580. The summed E-state index contributed by atoms with van der Waals surface area (Å²) in [4.78, 5) is 9.76. The Morgan fingerprint density at radius 1 is 1.36 bits per heavy atom. The van der Waals surface area contributed by atoms with Crippen LogP contribution < -0.4 is 0 Å². The van der Waals surface area contributed by atoms with Gasteiger partial charge >= 0.3 is 0 Å². The van der Waals surface area contributed by atoms with Crippen molar-refractivity contribution in [1.29, 1.82) is 0 Å². The molecule has 0 radical (unpaired) electrons. The van der Waals surface area contributed by atoms with Crippen molar-refractivity contribution in [1.82, 2.24) is 0 Å². The second-order valence-corrected chi connectivity index (χ2v) is 2.26. The molecule has 0 aromatic rings. The number of carbonyl (C=O) groups excluding carboxylic acids is 1. The molecule has 4 nitrogen and oxygen atoms in total. The minimum Gasteiger partial charge on any atom is -0.468 e. The Morgan fingerprint density at radius 3 is 2.27 bits per heavy atom. The van der Waals surface area contributed by atoms with Crippen molar-refractivity contribution in [3.63, 3.8) is 0 Å². The third-order valence-corrected chi connectivity index (χ3v) is 1.61. The molecule has 0 spiro atoms. The minimum absolute atomic E-state index is 0.307. The van der Waals surface area contributed by atoms with Crippen molar-refractivity contribution in [2.45, 2.75) is 19.1 Å². The standard InChI is InChI=1S/C7H14O4/c1-7(9-2,10-3)4-5-11-6-8/h6H,4-5H2,1-3H3. The van der Waals surface area contributed by atoms with Gasteiger partial charge in [0.25, 0.3) is 6.47 Å². The van der Waals surface area contributed by atoms with Crippen LogP contribution in [0.4, 0.5) is 0 Å². The van der Waals surface area contributed by atoms with E-state index in [0.29, 0.717) is 19.5 Å². The van der Waals surface area contributed by atoms with Gasteiger partial charge in [-0.3, -0.25) is 4.79 Å². The molecule has 0 aromatic carbocycles. The van der Waals surface area contributed by atoms with E-state index in [-0.39, 0.29) is 0 Å². The number of ether oxygens (including phenoxy) is 3. The second kappa shape index (κ2) is 5.09. The van der Waals surface area contributed by atoms with Crippen LogP contribution in [0.3, 0.4) is 0 Å². The molecule has 0 saturated carbocycles. The molecule has 4 heteroatoms. The average Bonchev–Trinajstić information content (AvgIpc) is 2.05. The van der Waals surface area contributed by atoms with E-state index in [1.165, 1.54) is 0 Å². The van der Waals surface area contributed by atoms with Crippen LogP contribution >= 0.6 is 0 Å². The zero-order chi connectivity index (χ0) is 8.74. The van der Waals surface area contributed by atoms with Gasteiger partial charge in [-0.2, -0.15) is 0 Å². The van der Waals surface area contributed by atoms with Crippen molar-refractivity contribution in [3.8, 4) is 0 Å². The molecule has 0 unspecified atom stereocenters. The van der Waals surface area contributed by atoms with Gasteiger partial charge in [0.1, 0.15) is 0 Å². The SMILES string of the molecule is COC(C)(CCOC=O)OC. The van der Waals surface area contributed by atoms with E-state index < -0.39 is 5.79 Å². The predicted molar refractivity (Wildman–Crippen MR) is 39.1 cm³/mol. The summed E-state index contributed by atoms with van der Waals surface area (Å²) in [7, 11) is 3.09. The lowest BCUT2D eigenvalue weighted by molar-refractivity contribution is -0.202. The van der Waals surface area contributed by atoms with Crippen molar-refractivity contribution in [2.75, 3.05) is 20.8 Å². The first-order valence-corrected chi connectivity index (χ1v) is 3.34. The van der Waals surface area contributed by atoms with Gasteiger partial charge in [0.2, 0.25) is 0 Å². The predicted octanol–water partition coefficient (Wildman–Crippen LogP) is 0.558. The maximum atomic E-state index is 9.76. The van der Waals surface area contributed by atoms with Crippen LogP contribution in [0.1, 0.15) is 13.3 Å². The molecule has 0 aliphatic rings. The summed E-state index contributed by atoms with van der Waals surface area (Å²) in [6, 6.07) is 0. The number of methoxy groups -OCH3 is 2. The topological polar surface area (TPSA) is 44.8 Å². The molecule has 0 atom stereocenters. The van der Waals surface area contributed by atoms with Crippen LogP contribution in [0.5, 0.6) is 0 Å². The third-order valence-electron chi connectivity index (χ3n) is 1.61. The first-order valence-electron chi connectivity index (χ1n) is 3.34. The normalized spacial score (nSPS) is 11.2. The summed E-state index contributed by atoms with van der Waals surface area (Å²) in [5.74, 6) is -0.650. The summed E-state index contributed by atoms with van der Waals surface area (Å²) in [6.07, 6.45) is 0.527. The molecular formula is C7H14O4. The molecule has 0 amide bonds. The lowest BCUT2D eigenvalue weighted by Crippen LogP contribution is -2.31. The van der Waals surface area contributed by atoms with Crippen LogP contribution in [0.15, 0.2) is 0 Å². The van der Waals surface area contributed by atoms with E-state index in [0.717, 1.165) is 0 Å². The molecule has 0 heterocycles. The van der Waals surface area contributed by atoms with Gasteiger partial charge in [-0.05, 0) is 6.92 Å². The summed E-state index contributed by atoms with van der Waals surface area (Å²) in [6.45, 7) is 2.49. The van der Waals surface area contributed by atoms with Crippen LogP contribution in [-0.4, -0.2) is 33.1 Å². The van der Waals surface area contributed by atoms with Crippen molar-refractivity contribution >= 4 is 6.47 Å². The van der Waals surface area contributed by atoms with E-state index in [9.17, 15) is 4.79 Å². The van der Waals surface area contributed by atoms with E-state index in [1.807, 2.05) is 0 Å². The van der Waals surface area contributed by atoms with Gasteiger partial charge in [0, 0.05) is 20.6 Å². The maximum Gasteiger partial charge on any atom is 0.293 e. The zero-order valence-corrected chi connectivity index (χ0v) is 7.12. The van der Waals surface area contributed by atoms with Crippen molar-refractivity contribution in [3.05, 3.63) is 0 Å². The molecule has 11 heavy (non-hydrogen) atoms. The van der Waals surface area contributed by atoms with E-state index in [1.54, 1.807) is 21.1 Å². The van der Waals surface area contributed by atoms with E-state index >= 15 is 0 Å². The summed E-state index contributed by atoms with van der Waals surface area (Å²) in [5.41, 5.74) is 0. The monoisotopic (exact) mass is 162 g/mol. The van der Waals surface area contributed by atoms with E-state index in [4.69, 9.17) is 9.47 Å². The van der Waals surface area contributed by atoms with Gasteiger partial charge in [-0.25, -0.2) is 0 Å². The van der Waals surface area contributed by atoms with Crippen LogP contribution in [-0.2, 0) is 19.0 Å². The molecule has 0 aliphatic heterocycles. The number of rotatable bonds is 6. The lowest BCUT2D eigenvalue weighted by atomic mass is 10.2. The smallest absolute Gasteiger partial charge is 0.293 e. The number of hydrogen-bond donors (Lipinski definition) is 0. The molecule has 0 bridgehead atoms. The molecule has 0 rings (SSSR count). The highest BCUT2D eigenvalue weighted by molar-refractivity contribution is 5.36. The largest absolute Gasteiger partial charge is 0.468 e. The zero-order valence-electron chi connectivity index (χ0n) is 7.12. The first kappa shape index (κ1) is 10.4. The van der Waals surface area contributed by atoms with E-state index in [2.05, 4.69) is 4.74 Å². The Morgan fingerprint density at radius 2 is 1.91 bits per heavy atom. The average molecular weight is 162 g/mol. The third kappa shape index (κ3) is 3.95. The molecule has 0 saturated heterocycles. The molecule has 66 valence electrons. The van der Waals surface area contributed by atoms with Gasteiger partial charge < -0.3 is 14.2 Å².